The molecule has 23 heavy (non-hydrogen) atoms. The summed E-state index contributed by atoms with van der Waals surface area (Å²) in [4.78, 5) is 0.281. The van der Waals surface area contributed by atoms with Crippen LogP contribution in [0.5, 0.6) is 5.75 Å². The van der Waals surface area contributed by atoms with Crippen molar-refractivity contribution < 1.29 is 13.2 Å². The fourth-order valence-corrected chi connectivity index (χ4v) is 5.03. The van der Waals surface area contributed by atoms with Gasteiger partial charge in [0.25, 0.3) is 10.0 Å². The van der Waals surface area contributed by atoms with Crippen LogP contribution in [-0.2, 0) is 16.4 Å². The fraction of sp³-hybridized carbons (Fsp3) is 0.294. The van der Waals surface area contributed by atoms with Gasteiger partial charge >= 0.3 is 0 Å². The average molecular weight is 396 g/mol. The molecule has 2 aromatic rings. The van der Waals surface area contributed by atoms with Crippen molar-refractivity contribution in [2.45, 2.75) is 31.2 Å². The van der Waals surface area contributed by atoms with Gasteiger partial charge < -0.3 is 4.74 Å². The van der Waals surface area contributed by atoms with Crippen LogP contribution in [-0.4, -0.2) is 21.1 Å². The van der Waals surface area contributed by atoms with E-state index in [-0.39, 0.29) is 10.9 Å². The predicted octanol–water partition coefficient (Wildman–Crippen LogP) is 3.99. The maximum atomic E-state index is 13.0. The molecule has 0 aliphatic carbocycles. The first kappa shape index (κ1) is 16.3. The third kappa shape index (κ3) is 2.97. The summed E-state index contributed by atoms with van der Waals surface area (Å²) in [6.07, 6.45) is 0.713. The Bertz CT molecular complexity index is 818. The van der Waals surface area contributed by atoms with Gasteiger partial charge in [0.05, 0.1) is 17.2 Å². The highest BCUT2D eigenvalue weighted by molar-refractivity contribution is 9.10. The molecule has 122 valence electrons. The van der Waals surface area contributed by atoms with Crippen molar-refractivity contribution in [1.29, 1.82) is 0 Å². The lowest BCUT2D eigenvalue weighted by Crippen LogP contribution is -2.35. The Morgan fingerprint density at radius 3 is 2.57 bits per heavy atom. The molecule has 0 radical (unpaired) electrons. The molecular weight excluding hydrogens is 378 g/mol. The number of hydrogen-bond acceptors (Lipinski definition) is 3. The second-order valence-electron chi connectivity index (χ2n) is 5.53. The van der Waals surface area contributed by atoms with Gasteiger partial charge in [-0.2, -0.15) is 0 Å². The number of sulfonamides is 1. The summed E-state index contributed by atoms with van der Waals surface area (Å²) in [5.74, 6) is 0.672. The van der Waals surface area contributed by atoms with Gasteiger partial charge in [-0.1, -0.05) is 15.9 Å². The van der Waals surface area contributed by atoms with Crippen molar-refractivity contribution in [3.8, 4) is 5.75 Å². The molecule has 0 amide bonds. The summed E-state index contributed by atoms with van der Waals surface area (Å²) >= 11 is 3.44. The van der Waals surface area contributed by atoms with Gasteiger partial charge in [-0.05, 0) is 68.3 Å². The van der Waals surface area contributed by atoms with Gasteiger partial charge in [0.1, 0.15) is 5.75 Å². The molecule has 1 unspecified atom stereocenters. The van der Waals surface area contributed by atoms with Crippen LogP contribution in [0.25, 0.3) is 0 Å². The Hall–Kier alpha value is -1.53. The summed E-state index contributed by atoms with van der Waals surface area (Å²) in [5, 5.41) is 0. The smallest absolute Gasteiger partial charge is 0.264 e. The standard InChI is InChI=1S/C17H18BrNO3S/c1-3-22-15-5-7-16(8-6-15)23(20,21)19-12(2)10-13-11-14(18)4-9-17(13)19/h4-9,11-12H,3,10H2,1-2H3. The number of rotatable bonds is 4. The third-order valence-corrected chi connectivity index (χ3v) is 6.32. The number of nitrogens with zero attached hydrogens (tertiary/aromatic N) is 1. The molecule has 2 aromatic carbocycles. The zero-order valence-electron chi connectivity index (χ0n) is 13.0. The highest BCUT2D eigenvalue weighted by atomic mass is 79.9. The van der Waals surface area contributed by atoms with Gasteiger partial charge in [0.15, 0.2) is 0 Å². The molecule has 4 nitrogen and oxygen atoms in total. The highest BCUT2D eigenvalue weighted by Crippen LogP contribution is 2.38. The fourth-order valence-electron chi connectivity index (χ4n) is 2.93. The van der Waals surface area contributed by atoms with Gasteiger partial charge in [0.2, 0.25) is 0 Å². The molecule has 0 bridgehead atoms. The van der Waals surface area contributed by atoms with Crippen molar-refractivity contribution in [2.24, 2.45) is 0 Å². The van der Waals surface area contributed by atoms with E-state index in [1.54, 1.807) is 24.3 Å². The predicted molar refractivity (Wildman–Crippen MR) is 94.6 cm³/mol. The van der Waals surface area contributed by atoms with Crippen LogP contribution >= 0.6 is 15.9 Å². The normalized spacial score (nSPS) is 17.2. The molecule has 6 heteroatoms. The maximum absolute atomic E-state index is 13.0. The quantitative estimate of drug-likeness (QED) is 0.785. The molecule has 1 aliphatic rings. The van der Waals surface area contributed by atoms with E-state index in [1.807, 2.05) is 32.0 Å². The molecule has 0 spiro atoms. The summed E-state index contributed by atoms with van der Waals surface area (Å²) in [6.45, 7) is 4.38. The molecule has 3 rings (SSSR count). The Balaban J connectivity index is 2.00. The number of benzene rings is 2. The van der Waals surface area contributed by atoms with E-state index in [9.17, 15) is 8.42 Å². The second-order valence-corrected chi connectivity index (χ2v) is 8.26. The average Bonchev–Trinajstić information content (AvgIpc) is 2.83. The molecule has 0 aromatic heterocycles. The minimum atomic E-state index is -3.58. The number of halogens is 1. The van der Waals surface area contributed by atoms with Crippen molar-refractivity contribution >= 4 is 31.6 Å². The first-order valence-electron chi connectivity index (χ1n) is 7.49. The number of fused-ring (bicyclic) bond motifs is 1. The van der Waals surface area contributed by atoms with E-state index in [4.69, 9.17) is 4.74 Å². The summed E-state index contributed by atoms with van der Waals surface area (Å²) < 4.78 is 33.9. The molecular formula is C17H18BrNO3S. The Labute approximate surface area is 145 Å². The van der Waals surface area contributed by atoms with Crippen LogP contribution in [0, 0.1) is 0 Å². The number of anilines is 1. The second kappa shape index (κ2) is 6.17. The lowest BCUT2D eigenvalue weighted by atomic mass is 10.1. The first-order chi connectivity index (χ1) is 10.9. The lowest BCUT2D eigenvalue weighted by molar-refractivity contribution is 0.340. The van der Waals surface area contributed by atoms with Crippen LogP contribution in [0.1, 0.15) is 19.4 Å². The van der Waals surface area contributed by atoms with E-state index < -0.39 is 10.0 Å². The van der Waals surface area contributed by atoms with Gasteiger partial charge in [-0.3, -0.25) is 4.31 Å². The molecule has 1 heterocycles. The zero-order chi connectivity index (χ0) is 16.6. The summed E-state index contributed by atoms with van der Waals surface area (Å²) in [7, 11) is -3.58. The van der Waals surface area contributed by atoms with Crippen LogP contribution < -0.4 is 9.04 Å². The summed E-state index contributed by atoms with van der Waals surface area (Å²) in [5.41, 5.74) is 1.80. The first-order valence-corrected chi connectivity index (χ1v) is 9.72. The number of hydrogen-bond donors (Lipinski definition) is 0. The molecule has 1 aliphatic heterocycles. The van der Waals surface area contributed by atoms with Crippen molar-refractivity contribution in [1.82, 2.24) is 0 Å². The van der Waals surface area contributed by atoms with E-state index in [1.165, 1.54) is 4.31 Å². The van der Waals surface area contributed by atoms with E-state index in [0.29, 0.717) is 18.8 Å². The minimum Gasteiger partial charge on any atom is -0.494 e. The Kier molecular flexibility index (Phi) is 4.38. The minimum absolute atomic E-state index is 0.101. The lowest BCUT2D eigenvalue weighted by Gasteiger charge is -2.24. The van der Waals surface area contributed by atoms with E-state index >= 15 is 0 Å². The van der Waals surface area contributed by atoms with Crippen molar-refractivity contribution in [2.75, 3.05) is 10.9 Å². The molecule has 0 saturated carbocycles. The van der Waals surface area contributed by atoms with Crippen LogP contribution in [0.15, 0.2) is 51.8 Å². The highest BCUT2D eigenvalue weighted by Gasteiger charge is 2.36. The van der Waals surface area contributed by atoms with Crippen molar-refractivity contribution in [3.05, 3.63) is 52.5 Å². The van der Waals surface area contributed by atoms with Crippen LogP contribution in [0.3, 0.4) is 0 Å². The van der Waals surface area contributed by atoms with Crippen molar-refractivity contribution in [3.63, 3.8) is 0 Å². The van der Waals surface area contributed by atoms with Gasteiger partial charge in [-0.25, -0.2) is 8.42 Å². The molecule has 0 fully saturated rings. The SMILES string of the molecule is CCOc1ccc(S(=O)(=O)N2c3ccc(Br)cc3CC2C)cc1. The van der Waals surface area contributed by atoms with Crippen LogP contribution in [0.4, 0.5) is 5.69 Å². The van der Waals surface area contributed by atoms with Crippen LogP contribution in [0.2, 0.25) is 0 Å². The monoisotopic (exact) mass is 395 g/mol. The Morgan fingerprint density at radius 1 is 1.22 bits per heavy atom. The maximum Gasteiger partial charge on any atom is 0.264 e. The number of ether oxygens (including phenoxy) is 1. The zero-order valence-corrected chi connectivity index (χ0v) is 15.4. The Morgan fingerprint density at radius 2 is 1.91 bits per heavy atom. The topological polar surface area (TPSA) is 46.6 Å². The summed E-state index contributed by atoms with van der Waals surface area (Å²) in [6, 6.07) is 12.2. The van der Waals surface area contributed by atoms with E-state index in [2.05, 4.69) is 15.9 Å². The molecule has 0 N–H and O–H groups in total. The van der Waals surface area contributed by atoms with E-state index in [0.717, 1.165) is 15.7 Å². The molecule has 0 saturated heterocycles. The third-order valence-electron chi connectivity index (χ3n) is 3.89. The molecule has 1 atom stereocenters. The van der Waals surface area contributed by atoms with Gasteiger partial charge in [-0.15, -0.1) is 0 Å². The van der Waals surface area contributed by atoms with Gasteiger partial charge in [0, 0.05) is 10.5 Å². The largest absolute Gasteiger partial charge is 0.494 e.